The number of rotatable bonds is 8. The summed E-state index contributed by atoms with van der Waals surface area (Å²) in [5.41, 5.74) is 3.35. The van der Waals surface area contributed by atoms with Crippen molar-refractivity contribution in [2.24, 2.45) is 0 Å². The van der Waals surface area contributed by atoms with Crippen LogP contribution in [0.25, 0.3) is 21.6 Å². The largest absolute Gasteiger partial charge is 0.493 e. The van der Waals surface area contributed by atoms with Crippen LogP contribution in [0.3, 0.4) is 0 Å². The Morgan fingerprint density at radius 1 is 0.875 bits per heavy atom. The van der Waals surface area contributed by atoms with Crippen LogP contribution in [0.15, 0.2) is 54.7 Å². The molecule has 0 amide bonds. The lowest BCUT2D eigenvalue weighted by atomic mass is 9.98. The average Bonchev–Trinajstić information content (AvgIpc) is 3.16. The fourth-order valence-corrected chi connectivity index (χ4v) is 3.12. The molecule has 3 aromatic rings. The predicted octanol–water partition coefficient (Wildman–Crippen LogP) is 4.68. The van der Waals surface area contributed by atoms with Crippen LogP contribution in [0.1, 0.15) is 12.8 Å². The molecule has 0 spiro atoms. The molecular weight excluding hydrogens is 320 g/mol. The Morgan fingerprint density at radius 3 is 2.33 bits per heavy atom. The molecular formula is C19H20N2O2S. The lowest BCUT2D eigenvalue weighted by molar-refractivity contribution is 0.184. The Morgan fingerprint density at radius 2 is 1.58 bits per heavy atom. The third-order valence-corrected chi connectivity index (χ3v) is 4.43. The van der Waals surface area contributed by atoms with E-state index in [1.54, 1.807) is 13.3 Å². The summed E-state index contributed by atoms with van der Waals surface area (Å²) in [6.45, 7) is 1.46. The van der Waals surface area contributed by atoms with Crippen molar-refractivity contribution in [3.63, 3.8) is 0 Å². The van der Waals surface area contributed by atoms with Gasteiger partial charge >= 0.3 is 0 Å². The van der Waals surface area contributed by atoms with Crippen LogP contribution in [0, 0.1) is 0 Å². The molecule has 0 bridgehead atoms. The first kappa shape index (κ1) is 16.6. The van der Waals surface area contributed by atoms with E-state index in [9.17, 15) is 0 Å². The number of ether oxygens (including phenoxy) is 2. The zero-order chi connectivity index (χ0) is 16.6. The van der Waals surface area contributed by atoms with Gasteiger partial charge in [-0.05, 0) is 36.0 Å². The highest BCUT2D eigenvalue weighted by atomic mass is 32.1. The van der Waals surface area contributed by atoms with Crippen LogP contribution >= 0.6 is 11.5 Å². The molecule has 124 valence electrons. The highest BCUT2D eigenvalue weighted by molar-refractivity contribution is 7.09. The summed E-state index contributed by atoms with van der Waals surface area (Å²) in [6, 6.07) is 16.4. The third kappa shape index (κ3) is 3.99. The average molecular weight is 340 g/mol. The van der Waals surface area contributed by atoms with E-state index in [1.165, 1.54) is 11.5 Å². The van der Waals surface area contributed by atoms with Crippen molar-refractivity contribution in [1.82, 2.24) is 9.59 Å². The summed E-state index contributed by atoms with van der Waals surface area (Å²) in [5.74, 6) is 0.903. The number of aromatic nitrogens is 2. The first-order valence-corrected chi connectivity index (χ1v) is 8.75. The van der Waals surface area contributed by atoms with Gasteiger partial charge in [-0.15, -0.1) is 5.10 Å². The SMILES string of the molecule is COCCCCOc1ccccc1-c1ccccc1-c1cnns1. The quantitative estimate of drug-likeness (QED) is 0.559. The van der Waals surface area contributed by atoms with Gasteiger partial charge in [0.15, 0.2) is 0 Å². The molecule has 0 radical (unpaired) electrons. The van der Waals surface area contributed by atoms with Gasteiger partial charge in [0.25, 0.3) is 0 Å². The molecule has 0 atom stereocenters. The number of hydrogen-bond acceptors (Lipinski definition) is 5. The summed E-state index contributed by atoms with van der Waals surface area (Å²) in [5, 5.41) is 3.96. The van der Waals surface area contributed by atoms with Crippen LogP contribution in [-0.2, 0) is 4.74 Å². The van der Waals surface area contributed by atoms with Crippen LogP contribution in [0.4, 0.5) is 0 Å². The standard InChI is InChI=1S/C19H20N2O2S/c1-22-12-6-7-13-23-18-11-5-4-9-16(18)15-8-2-3-10-17(15)19-14-20-21-24-19/h2-5,8-11,14H,6-7,12-13H2,1H3. The van der Waals surface area contributed by atoms with E-state index in [2.05, 4.69) is 27.8 Å². The second-order valence-corrected chi connectivity index (χ2v) is 6.16. The molecule has 0 aliphatic heterocycles. The zero-order valence-corrected chi connectivity index (χ0v) is 14.5. The molecule has 1 heterocycles. The van der Waals surface area contributed by atoms with Crippen LogP contribution < -0.4 is 4.74 Å². The molecule has 0 aliphatic carbocycles. The molecule has 0 fully saturated rings. The van der Waals surface area contributed by atoms with Crippen molar-refractivity contribution >= 4 is 11.5 Å². The lowest BCUT2D eigenvalue weighted by Crippen LogP contribution is -2.01. The monoisotopic (exact) mass is 340 g/mol. The summed E-state index contributed by atoms with van der Waals surface area (Å²) >= 11 is 1.40. The summed E-state index contributed by atoms with van der Waals surface area (Å²) in [7, 11) is 1.72. The Hall–Kier alpha value is -2.24. The van der Waals surface area contributed by atoms with Gasteiger partial charge in [-0.2, -0.15) is 0 Å². The number of methoxy groups -OCH3 is 1. The topological polar surface area (TPSA) is 44.2 Å². The number of hydrogen-bond donors (Lipinski definition) is 0. The Kier molecular flexibility index (Phi) is 5.93. The van der Waals surface area contributed by atoms with Crippen LogP contribution in [-0.4, -0.2) is 29.9 Å². The highest BCUT2D eigenvalue weighted by Gasteiger charge is 2.12. The Balaban J connectivity index is 1.85. The number of nitrogens with zero attached hydrogens (tertiary/aromatic N) is 2. The molecule has 1 aromatic heterocycles. The van der Waals surface area contributed by atoms with E-state index >= 15 is 0 Å². The van der Waals surface area contributed by atoms with Crippen LogP contribution in [0.5, 0.6) is 5.75 Å². The van der Waals surface area contributed by atoms with Gasteiger partial charge in [-0.25, -0.2) is 0 Å². The molecule has 3 rings (SSSR count). The minimum Gasteiger partial charge on any atom is -0.493 e. The first-order valence-electron chi connectivity index (χ1n) is 7.98. The molecule has 0 aliphatic rings. The van der Waals surface area contributed by atoms with E-state index in [-0.39, 0.29) is 0 Å². The third-order valence-electron chi connectivity index (χ3n) is 3.73. The molecule has 0 unspecified atom stereocenters. The lowest BCUT2D eigenvalue weighted by Gasteiger charge is -2.14. The van der Waals surface area contributed by atoms with Gasteiger partial charge in [0.2, 0.25) is 0 Å². The van der Waals surface area contributed by atoms with E-state index in [4.69, 9.17) is 9.47 Å². The van der Waals surface area contributed by atoms with Crippen molar-refractivity contribution in [3.05, 3.63) is 54.7 Å². The van der Waals surface area contributed by atoms with Crippen molar-refractivity contribution in [2.75, 3.05) is 20.3 Å². The maximum atomic E-state index is 6.03. The van der Waals surface area contributed by atoms with E-state index in [1.807, 2.05) is 30.3 Å². The summed E-state index contributed by atoms with van der Waals surface area (Å²) in [6.07, 6.45) is 3.78. The molecule has 5 heteroatoms. The number of benzene rings is 2. The fraction of sp³-hybridized carbons (Fsp3) is 0.263. The number of unbranched alkanes of at least 4 members (excludes halogenated alkanes) is 1. The van der Waals surface area contributed by atoms with Gasteiger partial charge in [0.05, 0.1) is 17.7 Å². The van der Waals surface area contributed by atoms with Gasteiger partial charge in [0, 0.05) is 24.8 Å². The maximum Gasteiger partial charge on any atom is 0.127 e. The van der Waals surface area contributed by atoms with Gasteiger partial charge in [0.1, 0.15) is 5.75 Å². The molecule has 24 heavy (non-hydrogen) atoms. The molecule has 0 N–H and O–H groups in total. The van der Waals surface area contributed by atoms with Gasteiger partial charge < -0.3 is 9.47 Å². The zero-order valence-electron chi connectivity index (χ0n) is 13.6. The molecule has 4 nitrogen and oxygen atoms in total. The minimum atomic E-state index is 0.685. The maximum absolute atomic E-state index is 6.03. The smallest absolute Gasteiger partial charge is 0.127 e. The normalized spacial score (nSPS) is 10.7. The van der Waals surface area contributed by atoms with Crippen molar-refractivity contribution in [1.29, 1.82) is 0 Å². The van der Waals surface area contributed by atoms with Gasteiger partial charge in [-0.3, -0.25) is 0 Å². The first-order chi connectivity index (χ1) is 11.9. The number of para-hydroxylation sites is 1. The second kappa shape index (κ2) is 8.57. The van der Waals surface area contributed by atoms with E-state index < -0.39 is 0 Å². The molecule has 0 saturated carbocycles. The summed E-state index contributed by atoms with van der Waals surface area (Å²) in [4.78, 5) is 1.06. The predicted molar refractivity (Wildman–Crippen MR) is 97.4 cm³/mol. The Bertz CT molecular complexity index is 760. The second-order valence-electron chi connectivity index (χ2n) is 5.37. The summed E-state index contributed by atoms with van der Waals surface area (Å²) < 4.78 is 15.1. The van der Waals surface area contributed by atoms with Crippen molar-refractivity contribution in [3.8, 4) is 27.3 Å². The van der Waals surface area contributed by atoms with Gasteiger partial charge in [-0.1, -0.05) is 47.0 Å². The minimum absolute atomic E-state index is 0.685. The van der Waals surface area contributed by atoms with Crippen molar-refractivity contribution < 1.29 is 9.47 Å². The van der Waals surface area contributed by atoms with Crippen molar-refractivity contribution in [2.45, 2.75) is 12.8 Å². The van der Waals surface area contributed by atoms with Crippen LogP contribution in [0.2, 0.25) is 0 Å². The van der Waals surface area contributed by atoms with E-state index in [0.717, 1.165) is 46.8 Å². The molecule has 0 saturated heterocycles. The molecule has 2 aromatic carbocycles. The fourth-order valence-electron chi connectivity index (χ4n) is 2.56. The Labute approximate surface area is 146 Å². The highest BCUT2D eigenvalue weighted by Crippen LogP contribution is 2.37. The van der Waals surface area contributed by atoms with E-state index in [0.29, 0.717) is 6.61 Å².